The average molecular weight is 318 g/mol. The van der Waals surface area contributed by atoms with Crippen molar-refractivity contribution >= 4 is 23.3 Å². The summed E-state index contributed by atoms with van der Waals surface area (Å²) in [5, 5.41) is 10.3. The van der Waals surface area contributed by atoms with Crippen LogP contribution in [0.3, 0.4) is 0 Å². The highest BCUT2D eigenvalue weighted by Crippen LogP contribution is 2.25. The van der Waals surface area contributed by atoms with E-state index in [0.29, 0.717) is 12.1 Å². The molecule has 22 heavy (non-hydrogen) atoms. The Balaban J connectivity index is 0.00000176. The van der Waals surface area contributed by atoms with Gasteiger partial charge in [0.1, 0.15) is 0 Å². The van der Waals surface area contributed by atoms with Gasteiger partial charge in [0.2, 0.25) is 0 Å². The van der Waals surface area contributed by atoms with Gasteiger partial charge in [-0.15, -0.1) is 12.4 Å². The minimum atomic E-state index is 0. The predicted molar refractivity (Wildman–Crippen MR) is 93.4 cm³/mol. The van der Waals surface area contributed by atoms with E-state index in [0.717, 1.165) is 24.0 Å². The fourth-order valence-corrected chi connectivity index (χ4v) is 3.62. The van der Waals surface area contributed by atoms with Crippen molar-refractivity contribution in [1.82, 2.24) is 9.88 Å². The number of aromatic amines is 1. The van der Waals surface area contributed by atoms with Gasteiger partial charge in [-0.25, -0.2) is 0 Å². The number of fused-ring (bicyclic) bond motifs is 1. The van der Waals surface area contributed by atoms with Crippen molar-refractivity contribution in [3.63, 3.8) is 0 Å². The highest BCUT2D eigenvalue weighted by molar-refractivity contribution is 5.85. The number of aromatic nitrogens is 1. The molecule has 2 heterocycles. The van der Waals surface area contributed by atoms with Crippen molar-refractivity contribution in [1.29, 1.82) is 5.26 Å². The number of rotatable bonds is 3. The second-order valence-electron chi connectivity index (χ2n) is 6.30. The standard InChI is InChI=1S/C18H23N3.ClH/c1-13-4-3-5-14(2)21(13)9-8-16-12-20-18-7-6-15(11-19)10-17(16)18;/h6-7,10,12-14,20H,3-5,8-9H2,1-2H3;1H/t13-,14+;. The maximum Gasteiger partial charge on any atom is 0.0991 e. The summed E-state index contributed by atoms with van der Waals surface area (Å²) in [4.78, 5) is 5.96. The minimum absolute atomic E-state index is 0. The van der Waals surface area contributed by atoms with Crippen molar-refractivity contribution in [3.05, 3.63) is 35.5 Å². The lowest BCUT2D eigenvalue weighted by Gasteiger charge is -2.39. The molecule has 0 amide bonds. The molecule has 3 rings (SSSR count). The number of nitrogens with one attached hydrogen (secondary N) is 1. The third-order valence-electron chi connectivity index (χ3n) is 4.91. The summed E-state index contributed by atoms with van der Waals surface area (Å²) in [6.07, 6.45) is 7.14. The summed E-state index contributed by atoms with van der Waals surface area (Å²) in [6, 6.07) is 9.49. The van der Waals surface area contributed by atoms with E-state index in [1.165, 1.54) is 30.2 Å². The normalized spacial score (nSPS) is 22.2. The van der Waals surface area contributed by atoms with Crippen molar-refractivity contribution < 1.29 is 0 Å². The van der Waals surface area contributed by atoms with Crippen molar-refractivity contribution in [2.24, 2.45) is 0 Å². The smallest absolute Gasteiger partial charge is 0.0991 e. The summed E-state index contributed by atoms with van der Waals surface area (Å²) in [7, 11) is 0. The summed E-state index contributed by atoms with van der Waals surface area (Å²) >= 11 is 0. The van der Waals surface area contributed by atoms with E-state index in [-0.39, 0.29) is 12.4 Å². The Hall–Kier alpha value is -1.50. The van der Waals surface area contributed by atoms with Crippen LogP contribution in [0.5, 0.6) is 0 Å². The molecule has 0 spiro atoms. The Morgan fingerprint density at radius 2 is 2.00 bits per heavy atom. The maximum absolute atomic E-state index is 9.06. The number of halogens is 1. The summed E-state index contributed by atoms with van der Waals surface area (Å²) in [5.41, 5.74) is 3.19. The maximum atomic E-state index is 9.06. The zero-order valence-corrected chi connectivity index (χ0v) is 14.1. The Morgan fingerprint density at radius 1 is 1.27 bits per heavy atom. The number of piperidine rings is 1. The predicted octanol–water partition coefficient (Wildman–Crippen LogP) is 4.27. The van der Waals surface area contributed by atoms with Gasteiger partial charge in [-0.1, -0.05) is 6.42 Å². The molecule has 0 saturated carbocycles. The molecular weight excluding hydrogens is 294 g/mol. The highest BCUT2D eigenvalue weighted by atomic mass is 35.5. The SMILES string of the molecule is C[C@@H]1CCC[C@H](C)N1CCc1c[nH]c2ccc(C#N)cc12.Cl. The molecule has 0 aliphatic carbocycles. The van der Waals surface area contributed by atoms with Gasteiger partial charge in [-0.3, -0.25) is 4.90 Å². The first-order valence-electron chi connectivity index (χ1n) is 7.95. The Kier molecular flexibility index (Phi) is 5.50. The van der Waals surface area contributed by atoms with E-state index < -0.39 is 0 Å². The molecule has 0 unspecified atom stereocenters. The summed E-state index contributed by atoms with van der Waals surface area (Å²) in [5.74, 6) is 0. The van der Waals surface area contributed by atoms with Gasteiger partial charge in [0.25, 0.3) is 0 Å². The molecule has 2 atom stereocenters. The first-order chi connectivity index (χ1) is 10.2. The van der Waals surface area contributed by atoms with Crippen LogP contribution < -0.4 is 0 Å². The molecule has 2 aromatic rings. The van der Waals surface area contributed by atoms with Gasteiger partial charge in [-0.2, -0.15) is 5.26 Å². The van der Waals surface area contributed by atoms with E-state index in [9.17, 15) is 0 Å². The first-order valence-corrected chi connectivity index (χ1v) is 7.95. The Bertz CT molecular complexity index is 661. The number of benzene rings is 1. The largest absolute Gasteiger partial charge is 0.361 e. The van der Waals surface area contributed by atoms with Gasteiger partial charge in [0, 0.05) is 35.7 Å². The molecule has 0 radical (unpaired) electrons. The lowest BCUT2D eigenvalue weighted by atomic mass is 9.96. The second-order valence-corrected chi connectivity index (χ2v) is 6.30. The highest BCUT2D eigenvalue weighted by Gasteiger charge is 2.24. The third kappa shape index (κ3) is 3.29. The van der Waals surface area contributed by atoms with E-state index in [1.807, 2.05) is 18.2 Å². The van der Waals surface area contributed by atoms with Gasteiger partial charge >= 0.3 is 0 Å². The van der Waals surface area contributed by atoms with Crippen LogP contribution in [0.4, 0.5) is 0 Å². The molecule has 1 aliphatic rings. The molecule has 0 bridgehead atoms. The van der Waals surface area contributed by atoms with Crippen LogP contribution in [0, 0.1) is 11.3 Å². The van der Waals surface area contributed by atoms with Crippen LogP contribution in [-0.4, -0.2) is 28.5 Å². The quantitative estimate of drug-likeness (QED) is 0.918. The van der Waals surface area contributed by atoms with E-state index >= 15 is 0 Å². The van der Waals surface area contributed by atoms with Crippen LogP contribution in [0.1, 0.15) is 44.2 Å². The Morgan fingerprint density at radius 3 is 2.68 bits per heavy atom. The zero-order valence-electron chi connectivity index (χ0n) is 13.3. The van der Waals surface area contributed by atoms with E-state index in [1.54, 1.807) is 0 Å². The zero-order chi connectivity index (χ0) is 14.8. The third-order valence-corrected chi connectivity index (χ3v) is 4.91. The number of H-pyrrole nitrogens is 1. The topological polar surface area (TPSA) is 42.8 Å². The fourth-order valence-electron chi connectivity index (χ4n) is 3.62. The molecule has 1 aromatic carbocycles. The van der Waals surface area contributed by atoms with Gasteiger partial charge < -0.3 is 4.98 Å². The van der Waals surface area contributed by atoms with Crippen LogP contribution in [0.2, 0.25) is 0 Å². The molecule has 1 aromatic heterocycles. The molecule has 118 valence electrons. The van der Waals surface area contributed by atoms with Crippen LogP contribution in [0.15, 0.2) is 24.4 Å². The van der Waals surface area contributed by atoms with Crippen LogP contribution in [-0.2, 0) is 6.42 Å². The van der Waals surface area contributed by atoms with E-state index in [4.69, 9.17) is 5.26 Å². The lowest BCUT2D eigenvalue weighted by molar-refractivity contribution is 0.105. The van der Waals surface area contributed by atoms with Gasteiger partial charge in [0.15, 0.2) is 0 Å². The fraction of sp³-hybridized carbons (Fsp3) is 0.500. The average Bonchev–Trinajstić information content (AvgIpc) is 2.89. The molecular formula is C18H24ClN3. The Labute approximate surface area is 138 Å². The molecule has 4 heteroatoms. The molecule has 1 N–H and O–H groups in total. The van der Waals surface area contributed by atoms with Crippen molar-refractivity contribution in [3.8, 4) is 6.07 Å². The summed E-state index contributed by atoms with van der Waals surface area (Å²) < 4.78 is 0. The second kappa shape index (κ2) is 7.17. The summed E-state index contributed by atoms with van der Waals surface area (Å²) in [6.45, 7) is 5.80. The number of hydrogen-bond donors (Lipinski definition) is 1. The number of hydrogen-bond acceptors (Lipinski definition) is 2. The van der Waals surface area contributed by atoms with Crippen molar-refractivity contribution in [2.45, 2.75) is 51.6 Å². The number of nitriles is 1. The lowest BCUT2D eigenvalue weighted by Crippen LogP contribution is -2.44. The molecule has 3 nitrogen and oxygen atoms in total. The van der Waals surface area contributed by atoms with Crippen molar-refractivity contribution in [2.75, 3.05) is 6.54 Å². The van der Waals surface area contributed by atoms with Gasteiger partial charge in [-0.05, 0) is 56.9 Å². The number of likely N-dealkylation sites (tertiary alicyclic amines) is 1. The first kappa shape index (κ1) is 16.9. The minimum Gasteiger partial charge on any atom is -0.361 e. The molecule has 1 saturated heterocycles. The monoisotopic (exact) mass is 317 g/mol. The van der Waals surface area contributed by atoms with E-state index in [2.05, 4.69) is 36.0 Å². The van der Waals surface area contributed by atoms with Crippen LogP contribution >= 0.6 is 12.4 Å². The molecule has 1 aliphatic heterocycles. The van der Waals surface area contributed by atoms with Crippen LogP contribution in [0.25, 0.3) is 10.9 Å². The molecule has 1 fully saturated rings. The number of nitrogens with zero attached hydrogens (tertiary/aromatic N) is 2. The van der Waals surface area contributed by atoms with Gasteiger partial charge in [0.05, 0.1) is 11.6 Å².